The second-order valence-corrected chi connectivity index (χ2v) is 17.1. The number of fused-ring (bicyclic) bond motifs is 10. The van der Waals surface area contributed by atoms with Crippen molar-refractivity contribution < 1.29 is 0 Å². The lowest BCUT2D eigenvalue weighted by Gasteiger charge is -2.17. The zero-order valence-electron chi connectivity index (χ0n) is 33.9. The lowest BCUT2D eigenvalue weighted by Crippen LogP contribution is -2.06. The van der Waals surface area contributed by atoms with E-state index < -0.39 is 0 Å². The van der Waals surface area contributed by atoms with Gasteiger partial charge >= 0.3 is 0 Å². The van der Waals surface area contributed by atoms with Crippen molar-refractivity contribution in [3.05, 3.63) is 212 Å². The van der Waals surface area contributed by atoms with Gasteiger partial charge in [0.2, 0.25) is 5.95 Å². The monoisotopic (exact) mass is 821 g/mol. The van der Waals surface area contributed by atoms with E-state index in [1.54, 1.807) is 11.3 Å². The van der Waals surface area contributed by atoms with E-state index in [0.717, 1.165) is 60.8 Å². The average molecular weight is 822 g/mol. The molecule has 0 atom stereocenters. The molecule has 9 aromatic carbocycles. The van der Waals surface area contributed by atoms with Gasteiger partial charge in [-0.1, -0.05) is 170 Å². The summed E-state index contributed by atoms with van der Waals surface area (Å²) < 4.78 is 7.19. The number of para-hydroxylation sites is 2. The normalized spacial score (nSPS) is 11.8. The number of rotatable bonds is 6. The van der Waals surface area contributed by atoms with E-state index in [-0.39, 0.29) is 0 Å². The molecule has 0 spiro atoms. The third kappa shape index (κ3) is 5.66. The molecule has 0 radical (unpaired) electrons. The van der Waals surface area contributed by atoms with E-state index in [4.69, 9.17) is 15.0 Å². The van der Waals surface area contributed by atoms with Crippen LogP contribution in [0.2, 0.25) is 0 Å². The number of benzene rings is 9. The third-order valence-corrected chi connectivity index (χ3v) is 13.5. The summed E-state index contributed by atoms with van der Waals surface area (Å²) in [5, 5.41) is 7.15. The van der Waals surface area contributed by atoms with Crippen LogP contribution in [0.4, 0.5) is 0 Å². The maximum atomic E-state index is 5.37. The van der Waals surface area contributed by atoms with Gasteiger partial charge in [-0.05, 0) is 59.2 Å². The highest BCUT2D eigenvalue weighted by atomic mass is 32.1. The van der Waals surface area contributed by atoms with Gasteiger partial charge in [-0.15, -0.1) is 11.3 Å². The van der Waals surface area contributed by atoms with E-state index in [1.165, 1.54) is 42.1 Å². The highest BCUT2D eigenvalue weighted by Crippen LogP contribution is 2.44. The van der Waals surface area contributed by atoms with Crippen LogP contribution >= 0.6 is 11.3 Å². The lowest BCUT2D eigenvalue weighted by molar-refractivity contribution is 0.954. The Morgan fingerprint density at radius 1 is 0.333 bits per heavy atom. The molecule has 0 aliphatic heterocycles. The van der Waals surface area contributed by atoms with Crippen LogP contribution < -0.4 is 0 Å². The van der Waals surface area contributed by atoms with Gasteiger partial charge in [0.15, 0.2) is 11.6 Å². The molecule has 0 fully saturated rings. The maximum absolute atomic E-state index is 5.37. The first-order valence-corrected chi connectivity index (χ1v) is 22.0. The summed E-state index contributed by atoms with van der Waals surface area (Å²) in [7, 11) is 0. The first-order chi connectivity index (χ1) is 31.2. The van der Waals surface area contributed by atoms with Crippen molar-refractivity contribution in [2.45, 2.75) is 0 Å². The first kappa shape index (κ1) is 35.6. The summed E-state index contributed by atoms with van der Waals surface area (Å²) in [6.45, 7) is 0. The van der Waals surface area contributed by atoms with Crippen molar-refractivity contribution in [1.29, 1.82) is 0 Å². The summed E-state index contributed by atoms with van der Waals surface area (Å²) in [6, 6.07) is 75.7. The second kappa shape index (κ2) is 14.2. The Kier molecular flexibility index (Phi) is 8.01. The van der Waals surface area contributed by atoms with E-state index in [0.29, 0.717) is 17.6 Å². The van der Waals surface area contributed by atoms with Crippen LogP contribution in [-0.4, -0.2) is 24.1 Å². The largest absolute Gasteiger partial charge is 0.308 e. The molecule has 5 nitrogen and oxygen atoms in total. The van der Waals surface area contributed by atoms with Crippen molar-refractivity contribution >= 4 is 75.1 Å². The van der Waals surface area contributed by atoms with Gasteiger partial charge in [-0.2, -0.15) is 9.97 Å². The molecule has 0 saturated carbocycles. The van der Waals surface area contributed by atoms with Crippen LogP contribution in [0.3, 0.4) is 0 Å². The summed E-state index contributed by atoms with van der Waals surface area (Å²) >= 11 is 1.80. The van der Waals surface area contributed by atoms with Crippen molar-refractivity contribution in [3.63, 3.8) is 0 Å². The van der Waals surface area contributed by atoms with Crippen molar-refractivity contribution in [2.75, 3.05) is 0 Å². The minimum absolute atomic E-state index is 0.570. The molecule has 0 saturated heterocycles. The van der Waals surface area contributed by atoms with Crippen LogP contribution in [-0.2, 0) is 0 Å². The quantitative estimate of drug-likeness (QED) is 0.168. The van der Waals surface area contributed by atoms with Gasteiger partial charge in [0.1, 0.15) is 0 Å². The number of hydrogen-bond acceptors (Lipinski definition) is 4. The standard InChI is InChI=1S/C57H35N5S/c1-4-16-36(17-5-1)39-29-32-49(46(34-39)37-18-6-2-7-19-37)61-47-25-13-10-22-41(47)44-31-33-50-53(54(44)61)45-24-11-14-26-48(45)62(50)57-59-55(38-20-8-3-9-21-38)58-56(60-57)40-28-30-43-42-23-12-15-27-51(42)63-52(43)35-40/h1-35H. The van der Waals surface area contributed by atoms with Crippen molar-refractivity contribution in [2.24, 2.45) is 0 Å². The molecule has 0 unspecified atom stereocenters. The zero-order chi connectivity index (χ0) is 41.4. The van der Waals surface area contributed by atoms with Crippen LogP contribution in [0, 0.1) is 0 Å². The fraction of sp³-hybridized carbons (Fsp3) is 0. The Labute approximate surface area is 366 Å². The van der Waals surface area contributed by atoms with Gasteiger partial charge in [-0.25, -0.2) is 4.98 Å². The zero-order valence-corrected chi connectivity index (χ0v) is 34.7. The molecule has 294 valence electrons. The van der Waals surface area contributed by atoms with E-state index in [2.05, 4.69) is 203 Å². The molecule has 4 aromatic heterocycles. The van der Waals surface area contributed by atoms with Crippen LogP contribution in [0.5, 0.6) is 0 Å². The summed E-state index contributed by atoms with van der Waals surface area (Å²) in [4.78, 5) is 15.8. The Balaban J connectivity index is 1.11. The van der Waals surface area contributed by atoms with Crippen LogP contribution in [0.15, 0.2) is 212 Å². The van der Waals surface area contributed by atoms with Gasteiger partial charge < -0.3 is 4.57 Å². The predicted octanol–water partition coefficient (Wildman–Crippen LogP) is 15.1. The molecule has 63 heavy (non-hydrogen) atoms. The number of nitrogens with zero attached hydrogens (tertiary/aromatic N) is 5. The van der Waals surface area contributed by atoms with Gasteiger partial charge in [-0.3, -0.25) is 4.57 Å². The molecule has 6 heteroatoms. The first-order valence-electron chi connectivity index (χ1n) is 21.2. The molecule has 13 aromatic rings. The molecular weight excluding hydrogens is 787 g/mol. The van der Waals surface area contributed by atoms with Crippen LogP contribution in [0.25, 0.3) is 120 Å². The fourth-order valence-electron chi connectivity index (χ4n) is 9.54. The van der Waals surface area contributed by atoms with E-state index >= 15 is 0 Å². The minimum atomic E-state index is 0.570. The van der Waals surface area contributed by atoms with Gasteiger partial charge in [0.25, 0.3) is 0 Å². The second-order valence-electron chi connectivity index (χ2n) is 16.0. The summed E-state index contributed by atoms with van der Waals surface area (Å²) in [5.74, 6) is 1.82. The number of thiophene rings is 1. The van der Waals surface area contributed by atoms with Crippen molar-refractivity contribution in [1.82, 2.24) is 24.1 Å². The SMILES string of the molecule is c1ccc(-c2ccc(-n3c4ccccc4c4ccc5c(c6ccccc6n5-c5nc(-c6ccccc6)nc(-c6ccc7c(c6)sc6ccccc67)n5)c43)c(-c3ccccc3)c2)cc1. The maximum Gasteiger partial charge on any atom is 0.238 e. The fourth-order valence-corrected chi connectivity index (χ4v) is 10.7. The molecule has 0 aliphatic carbocycles. The summed E-state index contributed by atoms with van der Waals surface area (Å²) in [6.07, 6.45) is 0. The molecular formula is C57H35N5S. The topological polar surface area (TPSA) is 48.5 Å². The van der Waals surface area contributed by atoms with Gasteiger partial charge in [0.05, 0.1) is 27.8 Å². The summed E-state index contributed by atoms with van der Waals surface area (Å²) in [5.41, 5.74) is 12.0. The Bertz CT molecular complexity index is 3900. The third-order valence-electron chi connectivity index (χ3n) is 12.4. The highest BCUT2D eigenvalue weighted by molar-refractivity contribution is 7.25. The molecule has 0 amide bonds. The smallest absolute Gasteiger partial charge is 0.238 e. The Morgan fingerprint density at radius 3 is 1.67 bits per heavy atom. The van der Waals surface area contributed by atoms with E-state index in [9.17, 15) is 0 Å². The van der Waals surface area contributed by atoms with E-state index in [1.807, 2.05) is 18.2 Å². The average Bonchev–Trinajstić information content (AvgIpc) is 4.02. The number of hydrogen-bond donors (Lipinski definition) is 0. The molecule has 0 N–H and O–H groups in total. The molecule has 13 rings (SSSR count). The predicted molar refractivity (Wildman–Crippen MR) is 263 cm³/mol. The molecule has 4 heterocycles. The highest BCUT2D eigenvalue weighted by Gasteiger charge is 2.24. The Hall–Kier alpha value is -8.19. The van der Waals surface area contributed by atoms with Crippen LogP contribution in [0.1, 0.15) is 0 Å². The van der Waals surface area contributed by atoms with Crippen molar-refractivity contribution in [3.8, 4) is 56.7 Å². The molecule has 0 aliphatic rings. The molecule has 0 bridgehead atoms. The Morgan fingerprint density at radius 2 is 0.905 bits per heavy atom. The van der Waals surface area contributed by atoms with Gasteiger partial charge in [0, 0.05) is 58.4 Å². The minimum Gasteiger partial charge on any atom is -0.308 e. The number of aromatic nitrogens is 5. The lowest BCUT2D eigenvalue weighted by atomic mass is 9.97.